The van der Waals surface area contributed by atoms with Gasteiger partial charge >= 0.3 is 6.18 Å². The number of benzene rings is 1. The SMILES string of the molecule is C[C@@H](c1ccccc1)[C@@H]1CN[C@H](C(F)(F)F)O1. The van der Waals surface area contributed by atoms with Crippen molar-refractivity contribution in [2.24, 2.45) is 0 Å². The number of ether oxygens (including phenoxy) is 1. The molecule has 17 heavy (non-hydrogen) atoms. The van der Waals surface area contributed by atoms with Gasteiger partial charge in [0.1, 0.15) is 0 Å². The van der Waals surface area contributed by atoms with Crippen LogP contribution in [0.1, 0.15) is 18.4 Å². The summed E-state index contributed by atoms with van der Waals surface area (Å²) in [5.74, 6) is -0.0592. The average molecular weight is 245 g/mol. The summed E-state index contributed by atoms with van der Waals surface area (Å²) in [6.07, 6.45) is -6.62. The van der Waals surface area contributed by atoms with Crippen LogP contribution in [0.2, 0.25) is 0 Å². The van der Waals surface area contributed by atoms with Crippen LogP contribution < -0.4 is 5.32 Å². The molecule has 1 aromatic rings. The highest BCUT2D eigenvalue weighted by Gasteiger charge is 2.46. The lowest BCUT2D eigenvalue weighted by Crippen LogP contribution is -2.38. The Morgan fingerprint density at radius 3 is 2.47 bits per heavy atom. The van der Waals surface area contributed by atoms with Gasteiger partial charge < -0.3 is 4.74 Å². The summed E-state index contributed by atoms with van der Waals surface area (Å²) in [7, 11) is 0. The van der Waals surface area contributed by atoms with E-state index in [-0.39, 0.29) is 12.5 Å². The van der Waals surface area contributed by atoms with Crippen molar-refractivity contribution in [3.8, 4) is 0 Å². The van der Waals surface area contributed by atoms with E-state index in [1.807, 2.05) is 37.3 Å². The molecule has 1 N–H and O–H groups in total. The van der Waals surface area contributed by atoms with Crippen LogP contribution >= 0.6 is 0 Å². The summed E-state index contributed by atoms with van der Waals surface area (Å²) in [5, 5.41) is 2.35. The second-order valence-electron chi connectivity index (χ2n) is 4.20. The van der Waals surface area contributed by atoms with Gasteiger partial charge in [-0.1, -0.05) is 37.3 Å². The second kappa shape index (κ2) is 4.66. The molecule has 0 spiro atoms. The lowest BCUT2D eigenvalue weighted by molar-refractivity contribution is -0.221. The summed E-state index contributed by atoms with van der Waals surface area (Å²) in [6, 6.07) is 9.41. The van der Waals surface area contributed by atoms with Crippen molar-refractivity contribution in [3.63, 3.8) is 0 Å². The van der Waals surface area contributed by atoms with Crippen LogP contribution in [0.25, 0.3) is 0 Å². The Bertz CT molecular complexity index is 366. The molecule has 1 fully saturated rings. The maximum absolute atomic E-state index is 12.4. The minimum absolute atomic E-state index is 0.0592. The van der Waals surface area contributed by atoms with Crippen LogP contribution in [0.4, 0.5) is 13.2 Å². The minimum atomic E-state index is -4.34. The van der Waals surface area contributed by atoms with E-state index < -0.39 is 18.5 Å². The van der Waals surface area contributed by atoms with Crippen LogP contribution in [-0.4, -0.2) is 25.1 Å². The fraction of sp³-hybridized carbons (Fsp3) is 0.500. The van der Waals surface area contributed by atoms with Crippen molar-refractivity contribution in [1.29, 1.82) is 0 Å². The number of alkyl halides is 3. The van der Waals surface area contributed by atoms with Gasteiger partial charge in [0.15, 0.2) is 0 Å². The molecule has 0 amide bonds. The van der Waals surface area contributed by atoms with Crippen LogP contribution in [0.5, 0.6) is 0 Å². The van der Waals surface area contributed by atoms with Crippen LogP contribution in [0.15, 0.2) is 30.3 Å². The Labute approximate surface area is 97.8 Å². The fourth-order valence-electron chi connectivity index (χ4n) is 1.95. The van der Waals surface area contributed by atoms with Gasteiger partial charge in [0.05, 0.1) is 6.10 Å². The first-order valence-electron chi connectivity index (χ1n) is 5.49. The van der Waals surface area contributed by atoms with Gasteiger partial charge in [-0.2, -0.15) is 13.2 Å². The summed E-state index contributed by atoms with van der Waals surface area (Å²) in [5.41, 5.74) is 0.988. The molecule has 0 aliphatic carbocycles. The second-order valence-corrected chi connectivity index (χ2v) is 4.20. The van der Waals surface area contributed by atoms with Gasteiger partial charge in [0, 0.05) is 12.5 Å². The molecule has 1 saturated heterocycles. The van der Waals surface area contributed by atoms with Gasteiger partial charge in [0.2, 0.25) is 6.23 Å². The quantitative estimate of drug-likeness (QED) is 0.865. The van der Waals surface area contributed by atoms with Crippen molar-refractivity contribution in [3.05, 3.63) is 35.9 Å². The van der Waals surface area contributed by atoms with Crippen molar-refractivity contribution < 1.29 is 17.9 Å². The average Bonchev–Trinajstić information content (AvgIpc) is 2.78. The number of hydrogen-bond donors (Lipinski definition) is 1. The minimum Gasteiger partial charge on any atom is -0.349 e. The molecule has 0 radical (unpaired) electrons. The van der Waals surface area contributed by atoms with E-state index in [1.54, 1.807) is 0 Å². The Hall–Kier alpha value is -1.07. The Morgan fingerprint density at radius 2 is 1.94 bits per heavy atom. The monoisotopic (exact) mass is 245 g/mol. The number of rotatable bonds is 2. The van der Waals surface area contributed by atoms with Crippen LogP contribution in [-0.2, 0) is 4.74 Å². The molecule has 1 heterocycles. The lowest BCUT2D eigenvalue weighted by Gasteiger charge is -2.20. The molecule has 0 unspecified atom stereocenters. The van der Waals surface area contributed by atoms with E-state index >= 15 is 0 Å². The fourth-order valence-corrected chi connectivity index (χ4v) is 1.95. The maximum Gasteiger partial charge on any atom is 0.428 e. The van der Waals surface area contributed by atoms with E-state index in [4.69, 9.17) is 4.74 Å². The van der Waals surface area contributed by atoms with E-state index in [0.717, 1.165) is 5.56 Å². The summed E-state index contributed by atoms with van der Waals surface area (Å²) < 4.78 is 42.2. The largest absolute Gasteiger partial charge is 0.428 e. The molecular weight excluding hydrogens is 231 g/mol. The molecule has 1 aliphatic heterocycles. The highest BCUT2D eigenvalue weighted by molar-refractivity contribution is 5.20. The van der Waals surface area contributed by atoms with Crippen molar-refractivity contribution >= 4 is 0 Å². The lowest BCUT2D eigenvalue weighted by atomic mass is 9.96. The Morgan fingerprint density at radius 1 is 1.29 bits per heavy atom. The van der Waals surface area contributed by atoms with E-state index in [2.05, 4.69) is 5.32 Å². The first-order chi connectivity index (χ1) is 7.98. The van der Waals surface area contributed by atoms with Gasteiger partial charge in [-0.3, -0.25) is 5.32 Å². The smallest absolute Gasteiger partial charge is 0.349 e. The first kappa shape index (κ1) is 12.4. The Kier molecular flexibility index (Phi) is 3.40. The molecule has 3 atom stereocenters. The highest BCUT2D eigenvalue weighted by atomic mass is 19.4. The predicted octanol–water partition coefficient (Wildman–Crippen LogP) is 2.67. The van der Waals surface area contributed by atoms with Crippen molar-refractivity contribution in [2.75, 3.05) is 6.54 Å². The molecule has 2 nitrogen and oxygen atoms in total. The number of nitrogens with one attached hydrogen (secondary N) is 1. The first-order valence-corrected chi connectivity index (χ1v) is 5.49. The zero-order valence-corrected chi connectivity index (χ0v) is 9.37. The third kappa shape index (κ3) is 2.79. The van der Waals surface area contributed by atoms with Crippen LogP contribution in [0.3, 0.4) is 0 Å². The van der Waals surface area contributed by atoms with Crippen LogP contribution in [0, 0.1) is 0 Å². The van der Waals surface area contributed by atoms with E-state index in [1.165, 1.54) is 0 Å². The molecular formula is C12H14F3NO. The highest BCUT2D eigenvalue weighted by Crippen LogP contribution is 2.30. The van der Waals surface area contributed by atoms with Crippen molar-refractivity contribution in [2.45, 2.75) is 31.3 Å². The van der Waals surface area contributed by atoms with E-state index in [9.17, 15) is 13.2 Å². The third-order valence-corrected chi connectivity index (χ3v) is 3.00. The molecule has 0 aromatic heterocycles. The molecule has 1 aliphatic rings. The summed E-state index contributed by atoms with van der Waals surface area (Å²) in [6.45, 7) is 2.10. The molecule has 5 heteroatoms. The number of halogens is 3. The summed E-state index contributed by atoms with van der Waals surface area (Å²) in [4.78, 5) is 0. The number of hydrogen-bond acceptors (Lipinski definition) is 2. The molecule has 2 rings (SSSR count). The zero-order valence-electron chi connectivity index (χ0n) is 9.37. The van der Waals surface area contributed by atoms with Gasteiger partial charge in [-0.15, -0.1) is 0 Å². The Balaban J connectivity index is 2.02. The zero-order chi connectivity index (χ0) is 12.5. The van der Waals surface area contributed by atoms with Gasteiger partial charge in [0.25, 0.3) is 0 Å². The van der Waals surface area contributed by atoms with Gasteiger partial charge in [-0.05, 0) is 5.56 Å². The normalized spacial score (nSPS) is 27.1. The maximum atomic E-state index is 12.4. The topological polar surface area (TPSA) is 21.3 Å². The van der Waals surface area contributed by atoms with Gasteiger partial charge in [-0.25, -0.2) is 0 Å². The standard InChI is InChI=1S/C12H14F3NO/c1-8(9-5-3-2-4-6-9)10-7-16-11(17-10)12(13,14)15/h2-6,8,10-11,16H,7H2,1H3/t8-,10-,11-/m0/s1. The molecule has 0 bridgehead atoms. The van der Waals surface area contributed by atoms with E-state index in [0.29, 0.717) is 0 Å². The molecule has 1 aromatic carbocycles. The summed E-state index contributed by atoms with van der Waals surface area (Å²) >= 11 is 0. The third-order valence-electron chi connectivity index (χ3n) is 3.00. The van der Waals surface area contributed by atoms with Crippen molar-refractivity contribution in [1.82, 2.24) is 5.32 Å². The molecule has 94 valence electrons. The molecule has 0 saturated carbocycles. The predicted molar refractivity (Wildman–Crippen MR) is 57.6 cm³/mol.